The van der Waals surface area contributed by atoms with E-state index in [9.17, 15) is 0 Å². The van der Waals surface area contributed by atoms with Crippen molar-refractivity contribution < 1.29 is 0 Å². The summed E-state index contributed by atoms with van der Waals surface area (Å²) in [6.07, 6.45) is 11.1. The third-order valence-corrected chi connectivity index (χ3v) is 2.47. The lowest BCUT2D eigenvalue weighted by Crippen LogP contribution is -2.16. The van der Waals surface area contributed by atoms with Gasteiger partial charge in [-0.05, 0) is 26.2 Å². The molecule has 0 aromatic heterocycles. The Morgan fingerprint density at radius 1 is 0.941 bits per heavy atom. The molecule has 1 atom stereocenters. The second kappa shape index (κ2) is 15.5. The lowest BCUT2D eigenvalue weighted by atomic mass is 9.76. The Morgan fingerprint density at radius 3 is 1.47 bits per heavy atom. The summed E-state index contributed by atoms with van der Waals surface area (Å²) in [6.45, 7) is 14.2. The highest BCUT2D eigenvalue weighted by Crippen LogP contribution is 2.45. The molecule has 0 N–H and O–H groups in total. The smallest absolute Gasteiger partial charge is 0.0101 e. The van der Waals surface area contributed by atoms with Gasteiger partial charge in [0, 0.05) is 5.41 Å². The van der Waals surface area contributed by atoms with Gasteiger partial charge in [0.2, 0.25) is 0 Å². The second-order valence-corrected chi connectivity index (χ2v) is 3.33. The molecule has 0 amide bonds. The van der Waals surface area contributed by atoms with Crippen LogP contribution in [0.5, 0.6) is 0 Å². The fourth-order valence-electron chi connectivity index (χ4n) is 1.78. The molecule has 1 unspecified atom stereocenters. The zero-order valence-electron chi connectivity index (χ0n) is 11.9. The van der Waals surface area contributed by atoms with Crippen LogP contribution in [0.4, 0.5) is 0 Å². The van der Waals surface area contributed by atoms with Crippen LogP contribution in [-0.2, 0) is 0 Å². The van der Waals surface area contributed by atoms with Gasteiger partial charge in [0.1, 0.15) is 0 Å². The van der Waals surface area contributed by atoms with E-state index in [1.807, 2.05) is 41.5 Å². The first-order valence-corrected chi connectivity index (χ1v) is 6.67. The molecule has 0 saturated carbocycles. The summed E-state index contributed by atoms with van der Waals surface area (Å²) in [4.78, 5) is 0. The molecule has 0 bridgehead atoms. The van der Waals surface area contributed by atoms with Crippen molar-refractivity contribution in [1.29, 1.82) is 0 Å². The molecule has 0 heterocycles. The minimum Gasteiger partial charge on any atom is -0.0865 e. The number of hydrogen-bond donors (Lipinski definition) is 0. The van der Waals surface area contributed by atoms with Crippen LogP contribution in [0, 0.1) is 5.41 Å². The minimum absolute atomic E-state index is 0. The van der Waals surface area contributed by atoms with Crippen LogP contribution in [0.3, 0.4) is 0 Å². The van der Waals surface area contributed by atoms with E-state index in [1.54, 1.807) is 5.57 Å². The highest BCUT2D eigenvalue weighted by atomic mass is 14.4. The van der Waals surface area contributed by atoms with Gasteiger partial charge in [-0.2, -0.15) is 0 Å². The van der Waals surface area contributed by atoms with E-state index in [0.29, 0.717) is 5.41 Å². The first-order valence-electron chi connectivity index (χ1n) is 6.67. The molecule has 0 radical (unpaired) electrons. The average Bonchev–Trinajstić information content (AvgIpc) is 2.69. The Kier molecular flexibility index (Phi) is 23.1. The quantitative estimate of drug-likeness (QED) is 0.400. The van der Waals surface area contributed by atoms with Crippen LogP contribution in [0.2, 0.25) is 0 Å². The third-order valence-electron chi connectivity index (χ3n) is 2.47. The highest BCUT2D eigenvalue weighted by molar-refractivity contribution is 5.28. The number of hydrogen-bond acceptors (Lipinski definition) is 0. The maximum Gasteiger partial charge on any atom is 0.0101 e. The van der Waals surface area contributed by atoms with E-state index < -0.39 is 0 Å². The van der Waals surface area contributed by atoms with Gasteiger partial charge in [-0.25, -0.2) is 0 Å². The molecule has 0 saturated heterocycles. The molecular formula is C17H38. The van der Waals surface area contributed by atoms with Crippen molar-refractivity contribution in [2.75, 3.05) is 0 Å². The van der Waals surface area contributed by atoms with Crippen molar-refractivity contribution in [2.45, 2.75) is 82.6 Å². The van der Waals surface area contributed by atoms with Crippen LogP contribution in [0.25, 0.3) is 0 Å². The zero-order valence-corrected chi connectivity index (χ0v) is 11.9. The van der Waals surface area contributed by atoms with Gasteiger partial charge in [0.25, 0.3) is 0 Å². The Bertz CT molecular complexity index is 186. The molecule has 0 nitrogen and oxygen atoms in total. The van der Waals surface area contributed by atoms with Gasteiger partial charge in [0.05, 0.1) is 0 Å². The van der Waals surface area contributed by atoms with Gasteiger partial charge < -0.3 is 0 Å². The molecule has 2 aliphatic rings. The molecule has 1 spiro atoms. The maximum atomic E-state index is 2.44. The molecule has 0 heteroatoms. The third kappa shape index (κ3) is 8.24. The summed E-state index contributed by atoms with van der Waals surface area (Å²) < 4.78 is 0. The van der Waals surface area contributed by atoms with E-state index in [2.05, 4.69) is 25.2 Å². The Hall–Kier alpha value is -0.520. The zero-order chi connectivity index (χ0) is 12.3. The van der Waals surface area contributed by atoms with E-state index in [1.165, 1.54) is 19.3 Å². The largest absolute Gasteiger partial charge is 0.0865 e. The van der Waals surface area contributed by atoms with Crippen molar-refractivity contribution in [1.82, 2.24) is 0 Å². The van der Waals surface area contributed by atoms with Gasteiger partial charge in [-0.1, -0.05) is 80.2 Å². The Morgan fingerprint density at radius 2 is 1.35 bits per heavy atom. The molecule has 106 valence electrons. The standard InChI is InChI=1S/C9H12.3C2H6.2CH4/c1-8-3-6-9(7-8)4-2-5-9;3*1-2;;/h2,4,7H,3,5-6H2,1H3;3*1-2H3;2*1H4. The normalized spacial score (nSPS) is 21.7. The molecule has 17 heavy (non-hydrogen) atoms. The van der Waals surface area contributed by atoms with Gasteiger partial charge in [-0.3, -0.25) is 0 Å². The van der Waals surface area contributed by atoms with Crippen LogP contribution >= 0.6 is 0 Å². The molecule has 0 fully saturated rings. The first-order chi connectivity index (χ1) is 7.31. The SMILES string of the molecule is C.C.CC.CC.CC.CC1=CC2(C=CC2)CC1. The van der Waals surface area contributed by atoms with E-state index in [4.69, 9.17) is 0 Å². The lowest BCUT2D eigenvalue weighted by Gasteiger charge is -2.28. The van der Waals surface area contributed by atoms with E-state index >= 15 is 0 Å². The summed E-state index contributed by atoms with van der Waals surface area (Å²) in [5, 5.41) is 0. The summed E-state index contributed by atoms with van der Waals surface area (Å²) >= 11 is 0. The fourth-order valence-corrected chi connectivity index (χ4v) is 1.78. The topological polar surface area (TPSA) is 0 Å². The first kappa shape index (κ1) is 25.4. The summed E-state index contributed by atoms with van der Waals surface area (Å²) in [5.74, 6) is 0. The molecule has 0 aromatic rings. The Balaban J connectivity index is -0.0000000942. The predicted molar refractivity (Wildman–Crippen MR) is 86.7 cm³/mol. The van der Waals surface area contributed by atoms with Crippen molar-refractivity contribution in [2.24, 2.45) is 5.41 Å². The molecule has 0 aliphatic heterocycles. The Labute approximate surface area is 112 Å². The van der Waals surface area contributed by atoms with Gasteiger partial charge >= 0.3 is 0 Å². The van der Waals surface area contributed by atoms with Crippen molar-refractivity contribution in [3.63, 3.8) is 0 Å². The molecular weight excluding hydrogens is 204 g/mol. The second-order valence-electron chi connectivity index (χ2n) is 3.33. The number of allylic oxidation sites excluding steroid dienone is 4. The summed E-state index contributed by atoms with van der Waals surface area (Å²) in [7, 11) is 0. The van der Waals surface area contributed by atoms with Crippen LogP contribution < -0.4 is 0 Å². The monoisotopic (exact) mass is 242 g/mol. The van der Waals surface area contributed by atoms with Crippen LogP contribution in [0.1, 0.15) is 82.6 Å². The van der Waals surface area contributed by atoms with Crippen molar-refractivity contribution >= 4 is 0 Å². The maximum absolute atomic E-state index is 2.44. The van der Waals surface area contributed by atoms with E-state index in [0.717, 1.165) is 0 Å². The van der Waals surface area contributed by atoms with Crippen molar-refractivity contribution in [3.05, 3.63) is 23.8 Å². The van der Waals surface area contributed by atoms with Gasteiger partial charge in [0.15, 0.2) is 0 Å². The fraction of sp³-hybridized carbons (Fsp3) is 0.765. The summed E-state index contributed by atoms with van der Waals surface area (Å²) in [6, 6.07) is 0. The molecule has 2 aliphatic carbocycles. The average molecular weight is 242 g/mol. The van der Waals surface area contributed by atoms with Gasteiger partial charge in [-0.15, -0.1) is 0 Å². The predicted octanol–water partition coefficient (Wildman–Crippen LogP) is 7.02. The summed E-state index contributed by atoms with van der Waals surface area (Å²) in [5.41, 5.74) is 2.13. The molecule has 0 aromatic carbocycles. The van der Waals surface area contributed by atoms with Crippen molar-refractivity contribution in [3.8, 4) is 0 Å². The molecule has 2 rings (SSSR count). The van der Waals surface area contributed by atoms with E-state index in [-0.39, 0.29) is 14.9 Å². The van der Waals surface area contributed by atoms with Crippen LogP contribution in [0.15, 0.2) is 23.8 Å². The van der Waals surface area contributed by atoms with Crippen LogP contribution in [-0.4, -0.2) is 0 Å². The highest BCUT2D eigenvalue weighted by Gasteiger charge is 2.32. The lowest BCUT2D eigenvalue weighted by molar-refractivity contribution is 0.446. The minimum atomic E-state index is 0. The number of rotatable bonds is 0.